The molecule has 0 bridgehead atoms. The summed E-state index contributed by atoms with van der Waals surface area (Å²) in [6.45, 7) is 5.26. The molecule has 6 nitrogen and oxygen atoms in total. The van der Waals surface area contributed by atoms with Crippen LogP contribution in [-0.2, 0) is 11.3 Å². The zero-order valence-electron chi connectivity index (χ0n) is 14.8. The first-order valence-corrected chi connectivity index (χ1v) is 8.80. The van der Waals surface area contributed by atoms with Gasteiger partial charge >= 0.3 is 0 Å². The third-order valence-corrected chi connectivity index (χ3v) is 5.31. The number of nitrogens with zero attached hydrogens (tertiary/aromatic N) is 4. The Morgan fingerprint density at radius 2 is 2.00 bits per heavy atom. The largest absolute Gasteiger partial charge is 0.494 e. The fourth-order valence-corrected chi connectivity index (χ4v) is 3.81. The highest BCUT2D eigenvalue weighted by molar-refractivity contribution is 5.84. The normalized spacial score (nSPS) is 22.2. The maximum absolute atomic E-state index is 12.4. The second-order valence-electron chi connectivity index (χ2n) is 6.88. The van der Waals surface area contributed by atoms with Crippen LogP contribution in [0.25, 0.3) is 10.9 Å². The molecule has 3 heterocycles. The maximum Gasteiger partial charge on any atom is 0.241 e. The molecule has 2 aliphatic rings. The Labute approximate surface area is 148 Å². The van der Waals surface area contributed by atoms with Gasteiger partial charge in [-0.1, -0.05) is 18.2 Å². The number of hydrogen-bond acceptors (Lipinski definition) is 5. The van der Waals surface area contributed by atoms with E-state index >= 15 is 0 Å². The van der Waals surface area contributed by atoms with Gasteiger partial charge in [0.1, 0.15) is 17.3 Å². The summed E-state index contributed by atoms with van der Waals surface area (Å²) in [6, 6.07) is 10.1. The van der Waals surface area contributed by atoms with E-state index in [4.69, 9.17) is 9.72 Å². The first kappa shape index (κ1) is 16.3. The van der Waals surface area contributed by atoms with Crippen molar-refractivity contribution < 1.29 is 9.53 Å². The van der Waals surface area contributed by atoms with Crippen molar-refractivity contribution in [3.63, 3.8) is 0 Å². The third kappa shape index (κ3) is 3.07. The predicted octanol–water partition coefficient (Wildman–Crippen LogP) is 1.20. The second kappa shape index (κ2) is 6.61. The fourth-order valence-electron chi connectivity index (χ4n) is 3.81. The number of ether oxygens (including phenoxy) is 1. The average molecular weight is 340 g/mol. The van der Waals surface area contributed by atoms with Gasteiger partial charge in [-0.05, 0) is 12.1 Å². The summed E-state index contributed by atoms with van der Waals surface area (Å²) in [4.78, 5) is 23.7. The number of carbonyl (C=O) groups is 1. The monoisotopic (exact) mass is 340 g/mol. The highest BCUT2D eigenvalue weighted by Gasteiger charge is 2.37. The molecule has 1 aromatic heterocycles. The van der Waals surface area contributed by atoms with Crippen LogP contribution in [0.5, 0.6) is 5.75 Å². The van der Waals surface area contributed by atoms with Crippen LogP contribution in [0.1, 0.15) is 5.69 Å². The summed E-state index contributed by atoms with van der Waals surface area (Å²) in [5.74, 6) is 1.04. The summed E-state index contributed by atoms with van der Waals surface area (Å²) >= 11 is 0. The minimum absolute atomic E-state index is 0.0116. The van der Waals surface area contributed by atoms with Gasteiger partial charge in [-0.15, -0.1) is 0 Å². The first-order chi connectivity index (χ1) is 12.2. The van der Waals surface area contributed by atoms with Crippen LogP contribution >= 0.6 is 0 Å². The molecule has 25 heavy (non-hydrogen) atoms. The predicted molar refractivity (Wildman–Crippen MR) is 96.6 cm³/mol. The Morgan fingerprint density at radius 3 is 2.84 bits per heavy atom. The first-order valence-electron chi connectivity index (χ1n) is 8.80. The van der Waals surface area contributed by atoms with Crippen molar-refractivity contribution >= 4 is 16.8 Å². The third-order valence-electron chi connectivity index (χ3n) is 5.31. The molecule has 4 rings (SSSR count). The molecule has 0 radical (unpaired) electrons. The van der Waals surface area contributed by atoms with Crippen LogP contribution in [0.2, 0.25) is 0 Å². The van der Waals surface area contributed by atoms with E-state index in [1.807, 2.05) is 30.1 Å². The van der Waals surface area contributed by atoms with E-state index in [1.54, 1.807) is 7.11 Å². The number of benzene rings is 1. The Kier molecular flexibility index (Phi) is 4.31. The number of pyridine rings is 1. The number of fused-ring (bicyclic) bond motifs is 2. The van der Waals surface area contributed by atoms with Crippen molar-refractivity contribution in [3.8, 4) is 5.75 Å². The van der Waals surface area contributed by atoms with Crippen molar-refractivity contribution in [2.45, 2.75) is 12.6 Å². The van der Waals surface area contributed by atoms with Gasteiger partial charge in [-0.3, -0.25) is 14.6 Å². The summed E-state index contributed by atoms with van der Waals surface area (Å²) in [7, 11) is 3.57. The Bertz CT molecular complexity index is 794. The molecule has 2 fully saturated rings. The summed E-state index contributed by atoms with van der Waals surface area (Å²) in [5.41, 5.74) is 1.91. The van der Waals surface area contributed by atoms with Gasteiger partial charge in [0.05, 0.1) is 12.8 Å². The van der Waals surface area contributed by atoms with Crippen LogP contribution in [-0.4, -0.2) is 78.5 Å². The van der Waals surface area contributed by atoms with Gasteiger partial charge in [-0.2, -0.15) is 0 Å². The molecule has 0 aliphatic carbocycles. The number of amides is 1. The molecule has 2 aromatic rings. The minimum Gasteiger partial charge on any atom is -0.494 e. The van der Waals surface area contributed by atoms with Crippen LogP contribution in [0, 0.1) is 0 Å². The van der Waals surface area contributed by atoms with E-state index in [2.05, 4.69) is 21.9 Å². The van der Waals surface area contributed by atoms with Gasteiger partial charge in [0.15, 0.2) is 0 Å². The van der Waals surface area contributed by atoms with Gasteiger partial charge in [0, 0.05) is 51.7 Å². The lowest BCUT2D eigenvalue weighted by molar-refractivity contribution is -0.143. The van der Waals surface area contributed by atoms with Gasteiger partial charge in [-0.25, -0.2) is 4.98 Å². The number of carbonyl (C=O) groups excluding carboxylic acids is 1. The average Bonchev–Trinajstić information content (AvgIpc) is 2.64. The van der Waals surface area contributed by atoms with Crippen molar-refractivity contribution in [1.29, 1.82) is 0 Å². The maximum atomic E-state index is 12.4. The molecule has 0 spiro atoms. The van der Waals surface area contributed by atoms with Gasteiger partial charge in [0.2, 0.25) is 5.91 Å². The Morgan fingerprint density at radius 1 is 1.16 bits per heavy atom. The molecule has 2 saturated heterocycles. The lowest BCUT2D eigenvalue weighted by atomic mass is 10.1. The highest BCUT2D eigenvalue weighted by Crippen LogP contribution is 2.24. The SMILES string of the molecule is COc1cccc2ccc(CN3CCN4CCN(C)C(=O)[C@@H]4C3)nc12. The lowest BCUT2D eigenvalue weighted by Crippen LogP contribution is -2.63. The van der Waals surface area contributed by atoms with Gasteiger partial charge in [0.25, 0.3) is 0 Å². The van der Waals surface area contributed by atoms with Crippen molar-refractivity contribution in [2.24, 2.45) is 0 Å². The van der Waals surface area contributed by atoms with E-state index < -0.39 is 0 Å². The molecule has 1 atom stereocenters. The number of hydrogen-bond donors (Lipinski definition) is 0. The second-order valence-corrected chi connectivity index (χ2v) is 6.88. The van der Waals surface area contributed by atoms with E-state index in [9.17, 15) is 4.79 Å². The number of aromatic nitrogens is 1. The molecular formula is C19H24N4O2. The topological polar surface area (TPSA) is 48.9 Å². The summed E-state index contributed by atoms with van der Waals surface area (Å²) in [6.07, 6.45) is 0. The van der Waals surface area contributed by atoms with Crippen LogP contribution < -0.4 is 4.74 Å². The molecule has 2 aliphatic heterocycles. The number of para-hydroxylation sites is 1. The Hall–Kier alpha value is -2.18. The van der Waals surface area contributed by atoms with E-state index in [0.717, 1.165) is 61.6 Å². The number of rotatable bonds is 3. The highest BCUT2D eigenvalue weighted by atomic mass is 16.5. The van der Waals surface area contributed by atoms with Crippen LogP contribution in [0.15, 0.2) is 30.3 Å². The molecule has 0 N–H and O–H groups in total. The molecule has 1 amide bonds. The van der Waals surface area contributed by atoms with Gasteiger partial charge < -0.3 is 9.64 Å². The molecule has 0 unspecified atom stereocenters. The fraction of sp³-hybridized carbons (Fsp3) is 0.474. The van der Waals surface area contributed by atoms with Crippen LogP contribution in [0.4, 0.5) is 0 Å². The Balaban J connectivity index is 1.52. The minimum atomic E-state index is -0.0116. The summed E-state index contributed by atoms with van der Waals surface area (Å²) in [5, 5.41) is 1.08. The standard InChI is InChI=1S/C19H24N4O2/c1-21-8-10-23-11-9-22(13-16(23)19(21)24)12-15-7-6-14-4-3-5-17(25-2)18(14)20-15/h3-7,16H,8-13H2,1-2H3/t16-/m0/s1. The zero-order valence-corrected chi connectivity index (χ0v) is 14.8. The van der Waals surface area contributed by atoms with E-state index in [0.29, 0.717) is 0 Å². The molecular weight excluding hydrogens is 316 g/mol. The van der Waals surface area contributed by atoms with Crippen LogP contribution in [0.3, 0.4) is 0 Å². The zero-order chi connectivity index (χ0) is 17.4. The summed E-state index contributed by atoms with van der Waals surface area (Å²) < 4.78 is 5.44. The number of likely N-dealkylation sites (N-methyl/N-ethyl adjacent to an activating group) is 1. The smallest absolute Gasteiger partial charge is 0.241 e. The molecule has 1 aromatic carbocycles. The van der Waals surface area contributed by atoms with Crippen molar-refractivity contribution in [3.05, 3.63) is 36.0 Å². The molecule has 6 heteroatoms. The van der Waals surface area contributed by atoms with E-state index in [-0.39, 0.29) is 11.9 Å². The lowest BCUT2D eigenvalue weighted by Gasteiger charge is -2.45. The molecule has 132 valence electrons. The quantitative estimate of drug-likeness (QED) is 0.840. The number of methoxy groups -OCH3 is 1. The number of piperazine rings is 2. The van der Waals surface area contributed by atoms with Crippen molar-refractivity contribution in [2.75, 3.05) is 46.9 Å². The molecule has 0 saturated carbocycles. The van der Waals surface area contributed by atoms with Crippen molar-refractivity contribution in [1.82, 2.24) is 19.7 Å². The van der Waals surface area contributed by atoms with E-state index in [1.165, 1.54) is 0 Å².